The molecule has 0 unspecified atom stereocenters. The molecule has 4 nitrogen and oxygen atoms in total. The van der Waals surface area contributed by atoms with Gasteiger partial charge < -0.3 is 9.73 Å². The number of aryl methyl sites for hydroxylation is 2. The van der Waals surface area contributed by atoms with Gasteiger partial charge in [-0.05, 0) is 59.1 Å². The smallest absolute Gasteiger partial charge is 0.326 e. The van der Waals surface area contributed by atoms with Crippen molar-refractivity contribution in [2.45, 2.75) is 13.8 Å². The molecule has 2 rings (SSSR count). The highest BCUT2D eigenvalue weighted by Gasteiger charge is 2.06. The molecule has 1 aromatic carbocycles. The minimum absolute atomic E-state index is 0.332. The van der Waals surface area contributed by atoms with Crippen LogP contribution in [-0.2, 0) is 0 Å². The van der Waals surface area contributed by atoms with Gasteiger partial charge in [-0.2, -0.15) is 0 Å². The average molecular weight is 309 g/mol. The Kier molecular flexibility index (Phi) is 3.72. The second kappa shape index (κ2) is 5.27. The molecule has 0 atom stereocenters. The molecule has 0 radical (unpaired) electrons. The van der Waals surface area contributed by atoms with Gasteiger partial charge in [-0.15, -0.1) is 0 Å². The average Bonchev–Trinajstić information content (AvgIpc) is 2.61. The van der Waals surface area contributed by atoms with E-state index in [-0.39, 0.29) is 6.03 Å². The molecule has 0 aliphatic rings. The van der Waals surface area contributed by atoms with E-state index in [4.69, 9.17) is 4.42 Å². The Morgan fingerprint density at radius 1 is 1.11 bits per heavy atom. The molecule has 2 N–H and O–H groups in total. The highest BCUT2D eigenvalue weighted by Crippen LogP contribution is 2.19. The van der Waals surface area contributed by atoms with Crippen LogP contribution in [0.25, 0.3) is 0 Å². The molecule has 1 heterocycles. The molecule has 0 bridgehead atoms. The highest BCUT2D eigenvalue weighted by molar-refractivity contribution is 9.10. The second-order valence-electron chi connectivity index (χ2n) is 4.06. The van der Waals surface area contributed by atoms with Crippen LogP contribution in [0.4, 0.5) is 16.4 Å². The van der Waals surface area contributed by atoms with Gasteiger partial charge >= 0.3 is 6.03 Å². The number of carbonyl (C=O) groups is 1. The van der Waals surface area contributed by atoms with Crippen LogP contribution in [0.5, 0.6) is 0 Å². The molecule has 0 saturated carbocycles. The number of furan rings is 1. The summed E-state index contributed by atoms with van der Waals surface area (Å²) in [5.74, 6) is 0.392. The fourth-order valence-corrected chi connectivity index (χ4v) is 2.01. The number of amides is 2. The zero-order valence-electron chi connectivity index (χ0n) is 10.1. The van der Waals surface area contributed by atoms with Crippen molar-refractivity contribution in [3.63, 3.8) is 0 Å². The van der Waals surface area contributed by atoms with Crippen LogP contribution in [0, 0.1) is 13.8 Å². The van der Waals surface area contributed by atoms with E-state index in [9.17, 15) is 4.79 Å². The first-order chi connectivity index (χ1) is 8.52. The van der Waals surface area contributed by atoms with Crippen LogP contribution in [-0.4, -0.2) is 6.03 Å². The van der Waals surface area contributed by atoms with Gasteiger partial charge in [0, 0.05) is 11.8 Å². The van der Waals surface area contributed by atoms with Crippen molar-refractivity contribution in [3.05, 3.63) is 46.1 Å². The van der Waals surface area contributed by atoms with Gasteiger partial charge in [0.25, 0.3) is 0 Å². The van der Waals surface area contributed by atoms with E-state index in [1.54, 1.807) is 12.1 Å². The van der Waals surface area contributed by atoms with Crippen molar-refractivity contribution in [1.29, 1.82) is 0 Å². The van der Waals surface area contributed by atoms with E-state index in [0.717, 1.165) is 16.8 Å². The zero-order chi connectivity index (χ0) is 13.1. The second-order valence-corrected chi connectivity index (χ2v) is 4.84. The van der Waals surface area contributed by atoms with Gasteiger partial charge in [-0.3, -0.25) is 5.32 Å². The van der Waals surface area contributed by atoms with E-state index in [2.05, 4.69) is 26.6 Å². The Balaban J connectivity index is 2.02. The number of urea groups is 1. The molecule has 0 aliphatic carbocycles. The monoisotopic (exact) mass is 308 g/mol. The number of halogens is 1. The first kappa shape index (κ1) is 12.7. The van der Waals surface area contributed by atoms with Crippen LogP contribution in [0.1, 0.15) is 11.1 Å². The fraction of sp³-hybridized carbons (Fsp3) is 0.154. The van der Waals surface area contributed by atoms with E-state index >= 15 is 0 Å². The minimum Gasteiger partial charge on any atom is -0.434 e. The fourth-order valence-electron chi connectivity index (χ4n) is 1.70. The molecule has 0 aliphatic heterocycles. The van der Waals surface area contributed by atoms with Crippen molar-refractivity contribution in [1.82, 2.24) is 0 Å². The van der Waals surface area contributed by atoms with Crippen LogP contribution in [0.2, 0.25) is 0 Å². The van der Waals surface area contributed by atoms with Crippen molar-refractivity contribution in [3.8, 4) is 0 Å². The SMILES string of the molecule is Cc1cc(C)cc(NC(=O)Nc2ccc(Br)o2)c1. The van der Waals surface area contributed by atoms with E-state index in [0.29, 0.717) is 10.6 Å². The van der Waals surface area contributed by atoms with Gasteiger partial charge in [0.2, 0.25) is 5.88 Å². The predicted octanol–water partition coefficient (Wildman–Crippen LogP) is 4.30. The molecule has 18 heavy (non-hydrogen) atoms. The molecule has 0 spiro atoms. The van der Waals surface area contributed by atoms with E-state index < -0.39 is 0 Å². The lowest BCUT2D eigenvalue weighted by Crippen LogP contribution is -2.19. The number of carbonyl (C=O) groups excluding carboxylic acids is 1. The first-order valence-electron chi connectivity index (χ1n) is 5.44. The molecule has 0 fully saturated rings. The van der Waals surface area contributed by atoms with Crippen LogP contribution in [0.15, 0.2) is 39.4 Å². The Morgan fingerprint density at radius 2 is 1.78 bits per heavy atom. The lowest BCUT2D eigenvalue weighted by molar-refractivity contribution is 0.261. The number of hydrogen-bond acceptors (Lipinski definition) is 2. The topological polar surface area (TPSA) is 54.3 Å². The number of hydrogen-bond donors (Lipinski definition) is 2. The lowest BCUT2D eigenvalue weighted by atomic mass is 10.1. The summed E-state index contributed by atoms with van der Waals surface area (Å²) >= 11 is 3.17. The molecule has 5 heteroatoms. The third kappa shape index (κ3) is 3.37. The third-order valence-corrected chi connectivity index (χ3v) is 2.72. The summed E-state index contributed by atoms with van der Waals surface area (Å²) in [5, 5.41) is 5.36. The Labute approximate surface area is 114 Å². The number of anilines is 2. The third-order valence-electron chi connectivity index (χ3n) is 2.29. The van der Waals surface area contributed by atoms with Gasteiger partial charge in [0.15, 0.2) is 4.67 Å². The first-order valence-corrected chi connectivity index (χ1v) is 6.24. The largest absolute Gasteiger partial charge is 0.434 e. The van der Waals surface area contributed by atoms with Crippen LogP contribution >= 0.6 is 15.9 Å². The summed E-state index contributed by atoms with van der Waals surface area (Å²) in [6.45, 7) is 3.97. The van der Waals surface area contributed by atoms with Crippen LogP contribution < -0.4 is 10.6 Å². The summed E-state index contributed by atoms with van der Waals surface area (Å²) in [6, 6.07) is 8.92. The summed E-state index contributed by atoms with van der Waals surface area (Å²) in [5.41, 5.74) is 2.97. The molecular formula is C13H13BrN2O2. The Hall–Kier alpha value is -1.75. The van der Waals surface area contributed by atoms with E-state index in [1.165, 1.54) is 0 Å². The van der Waals surface area contributed by atoms with Gasteiger partial charge in [-0.1, -0.05) is 6.07 Å². The summed E-state index contributed by atoms with van der Waals surface area (Å²) in [4.78, 5) is 11.7. The van der Waals surface area contributed by atoms with Crippen molar-refractivity contribution in [2.75, 3.05) is 10.6 Å². The predicted molar refractivity (Wildman–Crippen MR) is 75.0 cm³/mol. The van der Waals surface area contributed by atoms with Crippen LogP contribution in [0.3, 0.4) is 0 Å². The van der Waals surface area contributed by atoms with Crippen molar-refractivity contribution >= 4 is 33.5 Å². The minimum atomic E-state index is -0.332. The maximum Gasteiger partial charge on any atom is 0.326 e. The molecule has 1 aromatic heterocycles. The lowest BCUT2D eigenvalue weighted by Gasteiger charge is -2.07. The molecular weight excluding hydrogens is 296 g/mol. The number of benzene rings is 1. The van der Waals surface area contributed by atoms with Gasteiger partial charge in [-0.25, -0.2) is 4.79 Å². The standard InChI is InChI=1S/C13H13BrN2O2/c1-8-5-9(2)7-10(6-8)15-13(17)16-12-4-3-11(14)18-12/h3-7H,1-2H3,(H2,15,16,17). The Bertz CT molecular complexity index is 558. The summed E-state index contributed by atoms with van der Waals surface area (Å²) in [7, 11) is 0. The molecule has 2 amide bonds. The summed E-state index contributed by atoms with van der Waals surface area (Å²) in [6.07, 6.45) is 0. The maximum absolute atomic E-state index is 11.7. The number of rotatable bonds is 2. The maximum atomic E-state index is 11.7. The van der Waals surface area contributed by atoms with Crippen molar-refractivity contribution < 1.29 is 9.21 Å². The Morgan fingerprint density at radius 3 is 2.33 bits per heavy atom. The quantitative estimate of drug-likeness (QED) is 0.869. The zero-order valence-corrected chi connectivity index (χ0v) is 11.7. The normalized spacial score (nSPS) is 10.2. The number of nitrogens with one attached hydrogen (secondary N) is 2. The highest BCUT2D eigenvalue weighted by atomic mass is 79.9. The van der Waals surface area contributed by atoms with Gasteiger partial charge in [0.1, 0.15) is 0 Å². The van der Waals surface area contributed by atoms with Gasteiger partial charge in [0.05, 0.1) is 0 Å². The molecule has 0 saturated heterocycles. The van der Waals surface area contributed by atoms with E-state index in [1.807, 2.05) is 32.0 Å². The van der Waals surface area contributed by atoms with Crippen molar-refractivity contribution in [2.24, 2.45) is 0 Å². The molecule has 94 valence electrons. The summed E-state index contributed by atoms with van der Waals surface area (Å²) < 4.78 is 5.76. The molecule has 2 aromatic rings.